The Hall–Kier alpha value is -1.65. The summed E-state index contributed by atoms with van der Waals surface area (Å²) in [5.41, 5.74) is 7.34. The second-order valence-corrected chi connectivity index (χ2v) is 7.96. The Bertz CT molecular complexity index is 821. The highest BCUT2D eigenvalue weighted by atomic mass is 32.2. The van der Waals surface area contributed by atoms with Gasteiger partial charge in [-0.25, -0.2) is 0 Å². The van der Waals surface area contributed by atoms with Crippen LogP contribution in [0.1, 0.15) is 42.0 Å². The summed E-state index contributed by atoms with van der Waals surface area (Å²) in [5.74, 6) is 0.377. The molecule has 1 N–H and O–H groups in total. The average molecular weight is 342 g/mol. The number of carbonyl (C=O) groups excluding carboxylic acids is 1. The highest BCUT2D eigenvalue weighted by Crippen LogP contribution is 2.38. The zero-order valence-corrected chi connectivity index (χ0v) is 15.3. The summed E-state index contributed by atoms with van der Waals surface area (Å²) in [6.45, 7) is 8.66. The fourth-order valence-electron chi connectivity index (χ4n) is 2.92. The Balaban J connectivity index is 2.17. The van der Waals surface area contributed by atoms with Crippen LogP contribution in [-0.2, 0) is 4.79 Å². The Morgan fingerprint density at radius 1 is 1.17 bits per heavy atom. The van der Waals surface area contributed by atoms with Crippen LogP contribution in [0.25, 0.3) is 17.2 Å². The maximum Gasteiger partial charge on any atom is 0.263 e. The summed E-state index contributed by atoms with van der Waals surface area (Å²) in [7, 11) is 0. The first-order chi connectivity index (χ1) is 10.9. The topological polar surface area (TPSA) is 29.1 Å². The molecule has 0 atom stereocenters. The molecule has 0 spiro atoms. The molecule has 3 aliphatic rings. The van der Waals surface area contributed by atoms with Crippen LogP contribution < -0.4 is 5.32 Å². The van der Waals surface area contributed by atoms with Crippen molar-refractivity contribution in [2.24, 2.45) is 0 Å². The smallest absolute Gasteiger partial charge is 0.263 e. The summed E-state index contributed by atoms with van der Waals surface area (Å²) in [6, 6.07) is 8.80. The molecule has 0 aromatic rings. The molecule has 0 unspecified atom stereocenters. The first-order valence-electron chi connectivity index (χ1n) is 7.65. The SMILES string of the molecule is Cc1cc(/C=C2\SC(=S)NC2=O)c2c(C)ccc(C(C)C)cc1-2. The van der Waals surface area contributed by atoms with Gasteiger partial charge < -0.3 is 5.32 Å². The Morgan fingerprint density at radius 2 is 1.91 bits per heavy atom. The monoisotopic (exact) mass is 341 g/mol. The minimum Gasteiger partial charge on any atom is -0.307 e. The number of thioether (sulfide) groups is 1. The van der Waals surface area contributed by atoms with Gasteiger partial charge in [0.2, 0.25) is 0 Å². The number of fused-ring (bicyclic) bond motifs is 1. The first-order valence-corrected chi connectivity index (χ1v) is 8.88. The van der Waals surface area contributed by atoms with Crippen LogP contribution in [0.4, 0.5) is 0 Å². The zero-order chi connectivity index (χ0) is 16.7. The number of hydrogen-bond donors (Lipinski definition) is 1. The number of carbonyl (C=O) groups is 1. The Labute approximate surface area is 146 Å². The number of hydrogen-bond acceptors (Lipinski definition) is 3. The third-order valence-electron chi connectivity index (χ3n) is 4.18. The van der Waals surface area contributed by atoms with Gasteiger partial charge in [-0.05, 0) is 59.2 Å². The van der Waals surface area contributed by atoms with E-state index in [0.29, 0.717) is 15.1 Å². The number of rotatable bonds is 2. The molecular formula is C19H19NOS2. The maximum atomic E-state index is 11.9. The van der Waals surface area contributed by atoms with E-state index in [4.69, 9.17) is 12.2 Å². The van der Waals surface area contributed by atoms with Crippen LogP contribution in [0.3, 0.4) is 0 Å². The van der Waals surface area contributed by atoms with Crippen molar-refractivity contribution in [3.05, 3.63) is 51.4 Å². The summed E-state index contributed by atoms with van der Waals surface area (Å²) in [5, 5.41) is 2.67. The molecule has 1 fully saturated rings. The van der Waals surface area contributed by atoms with Crippen LogP contribution in [0.2, 0.25) is 0 Å². The van der Waals surface area contributed by atoms with E-state index >= 15 is 0 Å². The largest absolute Gasteiger partial charge is 0.307 e. The molecule has 0 bridgehead atoms. The quantitative estimate of drug-likeness (QED) is 0.614. The third kappa shape index (κ3) is 3.06. The lowest BCUT2D eigenvalue weighted by Crippen LogP contribution is -2.17. The standard InChI is InChI=1S/C19H19NOS2/c1-10(2)13-6-5-11(3)17-14(7-12(4)15(17)8-13)9-16-18(21)20-19(22)23-16/h5-10H,1-4H3,(H,20,21,22)/b16-9-. The number of amides is 1. The maximum absolute atomic E-state index is 11.9. The van der Waals surface area contributed by atoms with Crippen molar-refractivity contribution >= 4 is 40.3 Å². The Morgan fingerprint density at radius 3 is 2.52 bits per heavy atom. The van der Waals surface area contributed by atoms with E-state index in [2.05, 4.69) is 57.3 Å². The van der Waals surface area contributed by atoms with Gasteiger partial charge in [-0.15, -0.1) is 0 Å². The van der Waals surface area contributed by atoms with Gasteiger partial charge in [0.05, 0.1) is 4.91 Å². The van der Waals surface area contributed by atoms with Crippen LogP contribution >= 0.6 is 24.0 Å². The van der Waals surface area contributed by atoms with Crippen molar-refractivity contribution in [3.63, 3.8) is 0 Å². The van der Waals surface area contributed by atoms with Crippen molar-refractivity contribution in [2.75, 3.05) is 0 Å². The normalized spacial score (nSPS) is 16.7. The highest BCUT2D eigenvalue weighted by Gasteiger charge is 2.23. The lowest BCUT2D eigenvalue weighted by atomic mass is 10.0. The molecule has 1 heterocycles. The highest BCUT2D eigenvalue weighted by molar-refractivity contribution is 8.26. The van der Waals surface area contributed by atoms with E-state index in [1.165, 1.54) is 39.6 Å². The summed E-state index contributed by atoms with van der Waals surface area (Å²) in [4.78, 5) is 12.6. The van der Waals surface area contributed by atoms with E-state index in [0.717, 1.165) is 5.56 Å². The van der Waals surface area contributed by atoms with E-state index in [1.54, 1.807) is 0 Å². The molecule has 118 valence electrons. The van der Waals surface area contributed by atoms with Gasteiger partial charge in [-0.1, -0.05) is 62.1 Å². The molecule has 0 aromatic heterocycles. The van der Waals surface area contributed by atoms with E-state index < -0.39 is 0 Å². The molecule has 2 aliphatic carbocycles. The molecule has 4 heteroatoms. The molecule has 2 nitrogen and oxygen atoms in total. The molecule has 0 radical (unpaired) electrons. The molecule has 23 heavy (non-hydrogen) atoms. The van der Waals surface area contributed by atoms with Gasteiger partial charge in [0.1, 0.15) is 4.32 Å². The minimum absolute atomic E-state index is 0.104. The molecule has 1 aliphatic heterocycles. The fraction of sp³-hybridized carbons (Fsp3) is 0.263. The summed E-state index contributed by atoms with van der Waals surface area (Å²) < 4.78 is 0.526. The van der Waals surface area contributed by atoms with Gasteiger partial charge in [0, 0.05) is 0 Å². The zero-order valence-electron chi connectivity index (χ0n) is 13.7. The van der Waals surface area contributed by atoms with Crippen LogP contribution in [0, 0.1) is 13.8 Å². The van der Waals surface area contributed by atoms with E-state index in [9.17, 15) is 4.79 Å². The van der Waals surface area contributed by atoms with Crippen molar-refractivity contribution in [1.29, 1.82) is 0 Å². The molecule has 1 amide bonds. The number of nitrogens with one attached hydrogen (secondary N) is 1. The summed E-state index contributed by atoms with van der Waals surface area (Å²) >= 11 is 6.40. The van der Waals surface area contributed by atoms with Gasteiger partial charge >= 0.3 is 0 Å². The van der Waals surface area contributed by atoms with E-state index in [1.807, 2.05) is 6.08 Å². The summed E-state index contributed by atoms with van der Waals surface area (Å²) in [6.07, 6.45) is 1.96. The predicted octanol–water partition coefficient (Wildman–Crippen LogP) is 5.02. The molecule has 1 saturated heterocycles. The predicted molar refractivity (Wildman–Crippen MR) is 103 cm³/mol. The van der Waals surface area contributed by atoms with Crippen LogP contribution in [0.5, 0.6) is 0 Å². The van der Waals surface area contributed by atoms with Crippen LogP contribution in [0.15, 0.2) is 29.2 Å². The number of thiocarbonyl (C=S) groups is 1. The fourth-order valence-corrected chi connectivity index (χ4v) is 3.95. The second kappa shape index (κ2) is 6.10. The van der Waals surface area contributed by atoms with Gasteiger partial charge in [-0.3, -0.25) is 4.79 Å². The van der Waals surface area contributed by atoms with Crippen molar-refractivity contribution in [2.45, 2.75) is 33.6 Å². The average Bonchev–Trinajstić information content (AvgIpc) is 2.86. The van der Waals surface area contributed by atoms with Gasteiger partial charge in [-0.2, -0.15) is 0 Å². The van der Waals surface area contributed by atoms with Crippen molar-refractivity contribution in [3.8, 4) is 11.1 Å². The van der Waals surface area contributed by atoms with Crippen molar-refractivity contribution in [1.82, 2.24) is 5.32 Å². The molecule has 3 rings (SSSR count). The number of aryl methyl sites for hydroxylation is 2. The lowest BCUT2D eigenvalue weighted by molar-refractivity contribution is -0.115. The molecular weight excluding hydrogens is 322 g/mol. The lowest BCUT2D eigenvalue weighted by Gasteiger charge is -2.04. The Kier molecular flexibility index (Phi) is 4.30. The minimum atomic E-state index is -0.104. The van der Waals surface area contributed by atoms with Crippen molar-refractivity contribution < 1.29 is 4.79 Å². The second-order valence-electron chi connectivity index (χ2n) is 6.24. The van der Waals surface area contributed by atoms with Gasteiger partial charge in [0.25, 0.3) is 5.91 Å². The molecule has 0 saturated carbocycles. The van der Waals surface area contributed by atoms with Crippen LogP contribution in [-0.4, -0.2) is 10.2 Å². The third-order valence-corrected chi connectivity index (χ3v) is 5.34. The van der Waals surface area contributed by atoms with Gasteiger partial charge in [0.15, 0.2) is 0 Å². The first kappa shape index (κ1) is 16.2. The molecule has 0 aromatic carbocycles. The van der Waals surface area contributed by atoms with E-state index in [-0.39, 0.29) is 5.91 Å².